The molecule has 1 atom stereocenters. The van der Waals surface area contributed by atoms with Gasteiger partial charge in [-0.25, -0.2) is 4.21 Å². The lowest BCUT2D eigenvalue weighted by atomic mass is 10.3. The second-order valence-corrected chi connectivity index (χ2v) is 7.95. The van der Waals surface area contributed by atoms with Crippen molar-refractivity contribution in [2.45, 2.75) is 22.6 Å². The fourth-order valence-electron chi connectivity index (χ4n) is 2.06. The highest BCUT2D eigenvalue weighted by Crippen LogP contribution is 2.36. The number of aliphatic hydroxyl groups excluding tert-OH is 1. The molecule has 0 spiro atoms. The average molecular weight is 438 g/mol. The molecule has 2 aromatic carbocycles. The summed E-state index contributed by atoms with van der Waals surface area (Å²) >= 11 is 18.0. The molecule has 0 heterocycles. The van der Waals surface area contributed by atoms with E-state index >= 15 is 0 Å². The van der Waals surface area contributed by atoms with Crippen molar-refractivity contribution in [3.8, 4) is 11.5 Å². The summed E-state index contributed by atoms with van der Waals surface area (Å²) in [5.41, 5.74) is 0. The number of benzene rings is 2. The van der Waals surface area contributed by atoms with Crippen molar-refractivity contribution < 1.29 is 18.8 Å². The third-order valence-corrected chi connectivity index (χ3v) is 5.51. The first kappa shape index (κ1) is 21.3. The van der Waals surface area contributed by atoms with Gasteiger partial charge in [0.25, 0.3) is 0 Å². The number of aliphatic hydroxyl groups is 1. The lowest BCUT2D eigenvalue weighted by Gasteiger charge is -2.12. The minimum atomic E-state index is -1.44. The summed E-state index contributed by atoms with van der Waals surface area (Å²) in [6, 6.07) is 10.1. The molecule has 142 valence electrons. The Morgan fingerprint density at radius 1 is 0.923 bits per heavy atom. The number of halogens is 3. The first-order valence-corrected chi connectivity index (χ1v) is 10.4. The van der Waals surface area contributed by atoms with Gasteiger partial charge >= 0.3 is 0 Å². The normalized spacial score (nSPS) is 12.0. The fourth-order valence-corrected chi connectivity index (χ4v) is 4.00. The van der Waals surface area contributed by atoms with Gasteiger partial charge in [-0.15, -0.1) is 11.6 Å². The van der Waals surface area contributed by atoms with Crippen molar-refractivity contribution in [1.82, 2.24) is 0 Å². The third kappa shape index (κ3) is 6.03. The maximum atomic E-state index is 12.8. The molecule has 1 N–H and O–H groups in total. The zero-order valence-corrected chi connectivity index (χ0v) is 17.0. The molecule has 2 rings (SSSR count). The van der Waals surface area contributed by atoms with Gasteiger partial charge in [0.05, 0.1) is 34.1 Å². The Morgan fingerprint density at radius 3 is 2.12 bits per heavy atom. The van der Waals surface area contributed by atoms with Crippen molar-refractivity contribution in [2.75, 3.05) is 25.7 Å². The molecule has 0 fully saturated rings. The smallest absolute Gasteiger partial charge is 0.156 e. The van der Waals surface area contributed by atoms with Crippen molar-refractivity contribution in [3.05, 3.63) is 46.4 Å². The quantitative estimate of drug-likeness (QED) is 0.423. The predicted octanol–water partition coefficient (Wildman–Crippen LogP) is 4.93. The van der Waals surface area contributed by atoms with Crippen LogP contribution in [0, 0.1) is 0 Å². The molecule has 0 aliphatic rings. The van der Waals surface area contributed by atoms with E-state index in [1.807, 2.05) is 0 Å². The van der Waals surface area contributed by atoms with Gasteiger partial charge in [0.1, 0.15) is 5.75 Å². The van der Waals surface area contributed by atoms with Crippen LogP contribution in [0.3, 0.4) is 0 Å². The van der Waals surface area contributed by atoms with Crippen LogP contribution < -0.4 is 9.47 Å². The lowest BCUT2D eigenvalue weighted by Crippen LogP contribution is -2.02. The van der Waals surface area contributed by atoms with Gasteiger partial charge in [-0.05, 0) is 42.8 Å². The molecule has 1 unspecified atom stereocenters. The van der Waals surface area contributed by atoms with Crippen LogP contribution in [0.5, 0.6) is 11.5 Å². The van der Waals surface area contributed by atoms with E-state index in [9.17, 15) is 4.21 Å². The highest BCUT2D eigenvalue weighted by molar-refractivity contribution is 7.85. The Bertz CT molecular complexity index is 715. The lowest BCUT2D eigenvalue weighted by molar-refractivity contribution is 0.233. The van der Waals surface area contributed by atoms with Crippen molar-refractivity contribution in [3.63, 3.8) is 0 Å². The summed E-state index contributed by atoms with van der Waals surface area (Å²) < 4.78 is 23.7. The molecule has 26 heavy (non-hydrogen) atoms. The zero-order chi connectivity index (χ0) is 18.9. The van der Waals surface area contributed by atoms with Crippen molar-refractivity contribution in [1.29, 1.82) is 0 Å². The zero-order valence-electron chi connectivity index (χ0n) is 13.9. The molecule has 0 aliphatic heterocycles. The number of hydrogen-bond donors (Lipinski definition) is 1. The molecule has 0 bridgehead atoms. The van der Waals surface area contributed by atoms with Gasteiger partial charge < -0.3 is 14.6 Å². The first-order valence-electron chi connectivity index (χ1n) is 8.00. The third-order valence-electron chi connectivity index (χ3n) is 3.32. The van der Waals surface area contributed by atoms with E-state index in [0.29, 0.717) is 46.8 Å². The van der Waals surface area contributed by atoms with E-state index in [1.54, 1.807) is 36.4 Å². The van der Waals surface area contributed by atoms with E-state index < -0.39 is 10.8 Å². The molecule has 0 saturated carbocycles. The maximum absolute atomic E-state index is 12.8. The van der Waals surface area contributed by atoms with Gasteiger partial charge in [-0.1, -0.05) is 23.2 Å². The van der Waals surface area contributed by atoms with Gasteiger partial charge in [-0.3, -0.25) is 0 Å². The van der Waals surface area contributed by atoms with E-state index in [4.69, 9.17) is 49.4 Å². The second-order valence-electron chi connectivity index (χ2n) is 5.27. The standard InChI is InChI=1S/C18H19Cl3O4S/c19-7-1-9-24-13-3-5-14(6-4-13)26(23)15-11-16(20)18(17(21)12-15)25-10-2-8-22/h3-6,11-12,22H,1-2,7-10H2. The van der Waals surface area contributed by atoms with Crippen molar-refractivity contribution >= 4 is 45.6 Å². The van der Waals surface area contributed by atoms with Crippen LogP contribution in [-0.4, -0.2) is 35.0 Å². The van der Waals surface area contributed by atoms with Crippen LogP contribution >= 0.6 is 34.8 Å². The van der Waals surface area contributed by atoms with E-state index in [0.717, 1.165) is 6.42 Å². The predicted molar refractivity (Wildman–Crippen MR) is 106 cm³/mol. The van der Waals surface area contributed by atoms with Crippen LogP contribution in [0.25, 0.3) is 0 Å². The minimum absolute atomic E-state index is 0.0168. The van der Waals surface area contributed by atoms with Gasteiger partial charge in [-0.2, -0.15) is 0 Å². The minimum Gasteiger partial charge on any atom is -0.494 e. The molecule has 0 amide bonds. The van der Waals surface area contributed by atoms with Crippen LogP contribution in [0.1, 0.15) is 12.8 Å². The summed E-state index contributed by atoms with van der Waals surface area (Å²) in [5.74, 6) is 1.56. The van der Waals surface area contributed by atoms with Crippen molar-refractivity contribution in [2.24, 2.45) is 0 Å². The summed E-state index contributed by atoms with van der Waals surface area (Å²) in [7, 11) is -1.44. The molecular weight excluding hydrogens is 419 g/mol. The average Bonchev–Trinajstić information content (AvgIpc) is 2.64. The maximum Gasteiger partial charge on any atom is 0.156 e. The number of alkyl halides is 1. The number of rotatable bonds is 10. The molecule has 0 radical (unpaired) electrons. The summed E-state index contributed by atoms with van der Waals surface area (Å²) in [6.45, 7) is 0.849. The topological polar surface area (TPSA) is 55.8 Å². The van der Waals surface area contributed by atoms with Crippen LogP contribution in [0.4, 0.5) is 0 Å². The monoisotopic (exact) mass is 436 g/mol. The SMILES string of the molecule is O=S(c1ccc(OCCCCl)cc1)c1cc(Cl)c(OCCCO)c(Cl)c1. The Balaban J connectivity index is 2.11. The van der Waals surface area contributed by atoms with E-state index in [1.165, 1.54) is 0 Å². The number of ether oxygens (including phenoxy) is 2. The summed E-state index contributed by atoms with van der Waals surface area (Å²) in [6.07, 6.45) is 1.23. The Hall–Kier alpha value is -0.980. The molecule has 0 saturated heterocycles. The highest BCUT2D eigenvalue weighted by atomic mass is 35.5. The second kappa shape index (κ2) is 11.0. The van der Waals surface area contributed by atoms with E-state index in [2.05, 4.69) is 0 Å². The Labute approximate surface area is 170 Å². The van der Waals surface area contributed by atoms with E-state index in [-0.39, 0.29) is 16.7 Å². The summed E-state index contributed by atoms with van der Waals surface area (Å²) in [4.78, 5) is 1.08. The number of hydrogen-bond acceptors (Lipinski definition) is 4. The van der Waals surface area contributed by atoms with Crippen LogP contribution in [-0.2, 0) is 10.8 Å². The molecule has 4 nitrogen and oxygen atoms in total. The Kier molecular flexibility index (Phi) is 9.02. The van der Waals surface area contributed by atoms with Gasteiger partial charge in [0, 0.05) is 28.7 Å². The van der Waals surface area contributed by atoms with Crippen LogP contribution in [0.15, 0.2) is 46.2 Å². The first-order chi connectivity index (χ1) is 12.6. The molecule has 8 heteroatoms. The van der Waals surface area contributed by atoms with Gasteiger partial charge in [0.2, 0.25) is 0 Å². The van der Waals surface area contributed by atoms with Crippen LogP contribution in [0.2, 0.25) is 10.0 Å². The molecule has 0 aliphatic carbocycles. The molecule has 0 aromatic heterocycles. The summed E-state index contributed by atoms with van der Waals surface area (Å²) in [5, 5.41) is 9.36. The largest absolute Gasteiger partial charge is 0.494 e. The Morgan fingerprint density at radius 2 is 1.54 bits per heavy atom. The molecular formula is C18H19Cl3O4S. The van der Waals surface area contributed by atoms with Gasteiger partial charge in [0.15, 0.2) is 5.75 Å². The highest BCUT2D eigenvalue weighted by Gasteiger charge is 2.15. The molecule has 2 aromatic rings. The fraction of sp³-hybridized carbons (Fsp3) is 0.333.